The molecule has 2 fully saturated rings. The first-order valence-corrected chi connectivity index (χ1v) is 10.6. The molecule has 1 saturated carbocycles. The summed E-state index contributed by atoms with van der Waals surface area (Å²) in [5.41, 5.74) is 3.01. The zero-order valence-electron chi connectivity index (χ0n) is 16.5. The van der Waals surface area contributed by atoms with Gasteiger partial charge in [0.15, 0.2) is 0 Å². The van der Waals surface area contributed by atoms with Crippen LogP contribution in [0.3, 0.4) is 0 Å². The van der Waals surface area contributed by atoms with Gasteiger partial charge in [0.25, 0.3) is 5.56 Å². The lowest BCUT2D eigenvalue weighted by atomic mass is 9.79. The molecule has 0 spiro atoms. The first kappa shape index (κ1) is 18.6. The van der Waals surface area contributed by atoms with E-state index in [1.807, 2.05) is 25.3 Å². The zero-order valence-corrected chi connectivity index (χ0v) is 16.5. The molecule has 1 aliphatic carbocycles. The molecule has 0 amide bonds. The van der Waals surface area contributed by atoms with Crippen molar-refractivity contribution < 1.29 is 0 Å². The van der Waals surface area contributed by atoms with Gasteiger partial charge in [-0.1, -0.05) is 25.7 Å². The second-order valence-corrected chi connectivity index (χ2v) is 8.45. The Bertz CT molecular complexity index is 832. The zero-order chi connectivity index (χ0) is 18.7. The normalized spacial score (nSPS) is 20.8. The Morgan fingerprint density at radius 2 is 1.81 bits per heavy atom. The maximum atomic E-state index is 12.4. The highest BCUT2D eigenvalue weighted by atomic mass is 16.1. The molecule has 0 atom stereocenters. The quantitative estimate of drug-likeness (QED) is 0.880. The number of hydrogen-bond donors (Lipinski definition) is 1. The molecular formula is C22H32N4O. The van der Waals surface area contributed by atoms with Crippen molar-refractivity contribution in [1.82, 2.24) is 19.6 Å². The smallest absolute Gasteiger partial charge is 0.258 e. The highest BCUT2D eigenvalue weighted by Crippen LogP contribution is 2.35. The van der Waals surface area contributed by atoms with Crippen molar-refractivity contribution in [3.63, 3.8) is 0 Å². The second kappa shape index (κ2) is 8.11. The van der Waals surface area contributed by atoms with E-state index in [-0.39, 0.29) is 5.56 Å². The van der Waals surface area contributed by atoms with Gasteiger partial charge in [-0.3, -0.25) is 14.1 Å². The number of pyridine rings is 1. The molecule has 2 aliphatic rings. The number of aromatic nitrogens is 2. The molecular weight excluding hydrogens is 336 g/mol. The molecule has 3 heterocycles. The fourth-order valence-corrected chi connectivity index (χ4v) is 4.95. The van der Waals surface area contributed by atoms with Gasteiger partial charge in [0, 0.05) is 30.9 Å². The standard InChI is InChI=1S/C22H32N4O/c1-18-8-13-26-20(14-18)24-19(15-21(26)27)16-23-17-22(9-4-2-5-10-22)25-11-6-3-7-12-25/h8,13-15,23H,2-7,9-12,16-17H2,1H3. The highest BCUT2D eigenvalue weighted by Gasteiger charge is 2.37. The molecule has 5 heteroatoms. The Kier molecular flexibility index (Phi) is 5.60. The van der Waals surface area contributed by atoms with Gasteiger partial charge >= 0.3 is 0 Å². The molecule has 146 valence electrons. The minimum atomic E-state index is 0.000195. The van der Waals surface area contributed by atoms with Gasteiger partial charge in [-0.15, -0.1) is 0 Å². The topological polar surface area (TPSA) is 49.6 Å². The molecule has 27 heavy (non-hydrogen) atoms. The van der Waals surface area contributed by atoms with Crippen LogP contribution in [0.15, 0.2) is 29.2 Å². The van der Waals surface area contributed by atoms with Gasteiger partial charge in [-0.25, -0.2) is 4.98 Å². The molecule has 0 bridgehead atoms. The summed E-state index contributed by atoms with van der Waals surface area (Å²) in [6, 6.07) is 5.59. The van der Waals surface area contributed by atoms with Crippen molar-refractivity contribution in [2.24, 2.45) is 0 Å². The van der Waals surface area contributed by atoms with Gasteiger partial charge in [-0.2, -0.15) is 0 Å². The Labute approximate surface area is 161 Å². The summed E-state index contributed by atoms with van der Waals surface area (Å²) >= 11 is 0. The maximum Gasteiger partial charge on any atom is 0.258 e. The first-order valence-electron chi connectivity index (χ1n) is 10.6. The molecule has 0 unspecified atom stereocenters. The van der Waals surface area contributed by atoms with E-state index in [4.69, 9.17) is 4.98 Å². The van der Waals surface area contributed by atoms with E-state index < -0.39 is 0 Å². The number of nitrogens with one attached hydrogen (secondary N) is 1. The fourth-order valence-electron chi connectivity index (χ4n) is 4.95. The van der Waals surface area contributed by atoms with Crippen LogP contribution in [-0.2, 0) is 6.54 Å². The second-order valence-electron chi connectivity index (χ2n) is 8.45. The van der Waals surface area contributed by atoms with Crippen LogP contribution in [0, 0.1) is 6.92 Å². The number of aryl methyl sites for hydroxylation is 1. The third-order valence-electron chi connectivity index (χ3n) is 6.45. The molecule has 2 aromatic rings. The van der Waals surface area contributed by atoms with Gasteiger partial charge in [-0.05, 0) is 63.4 Å². The van der Waals surface area contributed by atoms with Gasteiger partial charge in [0.05, 0.1) is 5.69 Å². The lowest BCUT2D eigenvalue weighted by Gasteiger charge is -2.48. The monoisotopic (exact) mass is 368 g/mol. The maximum absolute atomic E-state index is 12.4. The van der Waals surface area contributed by atoms with Crippen LogP contribution in [-0.4, -0.2) is 39.5 Å². The lowest BCUT2D eigenvalue weighted by molar-refractivity contribution is 0.0332. The summed E-state index contributed by atoms with van der Waals surface area (Å²) < 4.78 is 1.62. The summed E-state index contributed by atoms with van der Waals surface area (Å²) in [5, 5.41) is 3.66. The van der Waals surface area contributed by atoms with Gasteiger partial charge < -0.3 is 5.32 Å². The SMILES string of the molecule is Cc1ccn2c(=O)cc(CNCC3(N4CCCCC4)CCCCC3)nc2c1. The van der Waals surface area contributed by atoms with Gasteiger partial charge in [0.1, 0.15) is 5.65 Å². The number of fused-ring (bicyclic) bond motifs is 1. The van der Waals surface area contributed by atoms with Crippen LogP contribution >= 0.6 is 0 Å². The van der Waals surface area contributed by atoms with Crippen molar-refractivity contribution in [2.45, 2.75) is 70.4 Å². The van der Waals surface area contributed by atoms with E-state index in [9.17, 15) is 4.79 Å². The van der Waals surface area contributed by atoms with Gasteiger partial charge in [0.2, 0.25) is 0 Å². The average molecular weight is 369 g/mol. The molecule has 2 aromatic heterocycles. The van der Waals surface area contributed by atoms with E-state index in [1.165, 1.54) is 64.5 Å². The third-order valence-corrected chi connectivity index (χ3v) is 6.45. The first-order chi connectivity index (χ1) is 13.2. The number of likely N-dealkylation sites (tertiary alicyclic amines) is 1. The Balaban J connectivity index is 1.47. The van der Waals surface area contributed by atoms with Crippen molar-refractivity contribution in [3.8, 4) is 0 Å². The van der Waals surface area contributed by atoms with E-state index in [2.05, 4.69) is 10.2 Å². The van der Waals surface area contributed by atoms with Crippen molar-refractivity contribution in [3.05, 3.63) is 46.0 Å². The predicted octanol–water partition coefficient (Wildman–Crippen LogP) is 3.28. The molecule has 5 nitrogen and oxygen atoms in total. The van der Waals surface area contributed by atoms with Crippen LogP contribution in [0.1, 0.15) is 62.6 Å². The van der Waals surface area contributed by atoms with E-state index in [0.29, 0.717) is 12.1 Å². The molecule has 4 rings (SSSR count). The summed E-state index contributed by atoms with van der Waals surface area (Å²) in [5.74, 6) is 0. The molecule has 0 aromatic carbocycles. The van der Waals surface area contributed by atoms with Crippen LogP contribution in [0.25, 0.3) is 5.65 Å². The van der Waals surface area contributed by atoms with E-state index in [1.54, 1.807) is 10.5 Å². The third kappa shape index (κ3) is 4.09. The molecule has 1 N–H and O–H groups in total. The number of piperidine rings is 1. The minimum Gasteiger partial charge on any atom is -0.309 e. The van der Waals surface area contributed by atoms with Crippen molar-refractivity contribution in [1.29, 1.82) is 0 Å². The largest absolute Gasteiger partial charge is 0.309 e. The van der Waals surface area contributed by atoms with Crippen LogP contribution in [0.2, 0.25) is 0 Å². The molecule has 1 aliphatic heterocycles. The number of nitrogens with zero attached hydrogens (tertiary/aromatic N) is 3. The predicted molar refractivity (Wildman–Crippen MR) is 109 cm³/mol. The minimum absolute atomic E-state index is 0.000195. The summed E-state index contributed by atoms with van der Waals surface area (Å²) in [7, 11) is 0. The Morgan fingerprint density at radius 3 is 2.59 bits per heavy atom. The molecule has 0 radical (unpaired) electrons. The van der Waals surface area contributed by atoms with Crippen LogP contribution in [0.5, 0.6) is 0 Å². The summed E-state index contributed by atoms with van der Waals surface area (Å²) in [6.45, 7) is 6.19. The Hall–Kier alpha value is -1.72. The fraction of sp³-hybridized carbons (Fsp3) is 0.636. The lowest BCUT2D eigenvalue weighted by Crippen LogP contribution is -2.57. The van der Waals surface area contributed by atoms with Crippen molar-refractivity contribution >= 4 is 5.65 Å². The Morgan fingerprint density at radius 1 is 1.07 bits per heavy atom. The van der Waals surface area contributed by atoms with E-state index >= 15 is 0 Å². The summed E-state index contributed by atoms with van der Waals surface area (Å²) in [6.07, 6.45) is 12.5. The average Bonchev–Trinajstić information content (AvgIpc) is 2.69. The highest BCUT2D eigenvalue weighted by molar-refractivity contribution is 5.41. The number of hydrogen-bond acceptors (Lipinski definition) is 4. The molecule has 1 saturated heterocycles. The van der Waals surface area contributed by atoms with Crippen LogP contribution < -0.4 is 10.9 Å². The summed E-state index contributed by atoms with van der Waals surface area (Å²) in [4.78, 5) is 19.8. The van der Waals surface area contributed by atoms with Crippen molar-refractivity contribution in [2.75, 3.05) is 19.6 Å². The van der Waals surface area contributed by atoms with Crippen LogP contribution in [0.4, 0.5) is 0 Å². The number of rotatable bonds is 5. The van der Waals surface area contributed by atoms with E-state index in [0.717, 1.165) is 23.4 Å².